The summed E-state index contributed by atoms with van der Waals surface area (Å²) >= 11 is 12.3. The number of ether oxygens (including phenoxy) is 1. The highest BCUT2D eigenvalue weighted by atomic mass is 35.5. The van der Waals surface area contributed by atoms with Crippen molar-refractivity contribution in [1.82, 2.24) is 4.90 Å². The van der Waals surface area contributed by atoms with Crippen molar-refractivity contribution in [2.24, 2.45) is 0 Å². The largest absolute Gasteiger partial charge is 0.478 e. The third-order valence-electron chi connectivity index (χ3n) is 5.26. The zero-order valence-electron chi connectivity index (χ0n) is 16.7. The molecule has 1 aliphatic rings. The van der Waals surface area contributed by atoms with E-state index in [-0.39, 0.29) is 11.8 Å². The second-order valence-corrected chi connectivity index (χ2v) is 7.99. The van der Waals surface area contributed by atoms with Crippen LogP contribution in [-0.2, 0) is 14.3 Å². The standard InChI is InChI=1S/C23H23Cl2NO4/c1-3-18(4-2)26-21(14-8-10-16(24)11-9-14)22(15-6-5-7-17(25)12-15)30-19(23(26)29)13-20(27)28/h5-13,18,21-22H,3-4H2,1-2H3,(H,27,28)/t21-,22-/m1/s1. The van der Waals surface area contributed by atoms with Crippen molar-refractivity contribution < 1.29 is 19.4 Å². The van der Waals surface area contributed by atoms with E-state index >= 15 is 0 Å². The van der Waals surface area contributed by atoms with E-state index in [2.05, 4.69) is 0 Å². The number of carbonyl (C=O) groups is 2. The van der Waals surface area contributed by atoms with E-state index in [1.165, 1.54) is 0 Å². The first-order chi connectivity index (χ1) is 14.3. The van der Waals surface area contributed by atoms with Gasteiger partial charge < -0.3 is 14.7 Å². The van der Waals surface area contributed by atoms with E-state index in [0.717, 1.165) is 30.0 Å². The fourth-order valence-corrected chi connectivity index (χ4v) is 4.19. The number of rotatable bonds is 6. The molecule has 0 radical (unpaired) electrons. The molecule has 2 aromatic carbocycles. The number of carboxylic acid groups (broad SMARTS) is 1. The number of benzene rings is 2. The minimum atomic E-state index is -1.24. The van der Waals surface area contributed by atoms with Gasteiger partial charge in [0.15, 0.2) is 5.76 Å². The maximum absolute atomic E-state index is 13.3. The molecule has 0 aliphatic carbocycles. The highest BCUT2D eigenvalue weighted by molar-refractivity contribution is 6.30. The summed E-state index contributed by atoms with van der Waals surface area (Å²) in [6.07, 6.45) is 1.63. The van der Waals surface area contributed by atoms with Crippen LogP contribution in [0.15, 0.2) is 60.4 Å². The van der Waals surface area contributed by atoms with Crippen LogP contribution in [0.5, 0.6) is 0 Å². The first-order valence-corrected chi connectivity index (χ1v) is 10.6. The van der Waals surface area contributed by atoms with Crippen molar-refractivity contribution in [2.75, 3.05) is 0 Å². The van der Waals surface area contributed by atoms with Crippen molar-refractivity contribution in [3.05, 3.63) is 81.5 Å². The van der Waals surface area contributed by atoms with Crippen LogP contribution in [0.4, 0.5) is 0 Å². The predicted molar refractivity (Wildman–Crippen MR) is 116 cm³/mol. The van der Waals surface area contributed by atoms with Crippen LogP contribution in [0, 0.1) is 0 Å². The Balaban J connectivity index is 2.21. The van der Waals surface area contributed by atoms with Gasteiger partial charge in [0.25, 0.3) is 5.91 Å². The molecule has 0 unspecified atom stereocenters. The summed E-state index contributed by atoms with van der Waals surface area (Å²) < 4.78 is 6.01. The molecule has 0 spiro atoms. The van der Waals surface area contributed by atoms with Crippen LogP contribution in [0.2, 0.25) is 10.0 Å². The summed E-state index contributed by atoms with van der Waals surface area (Å²) in [5.41, 5.74) is 1.60. The maximum atomic E-state index is 13.3. The van der Waals surface area contributed by atoms with Crippen LogP contribution < -0.4 is 0 Å². The van der Waals surface area contributed by atoms with Crippen molar-refractivity contribution in [2.45, 2.75) is 44.9 Å². The van der Waals surface area contributed by atoms with Crippen molar-refractivity contribution >= 4 is 35.1 Å². The van der Waals surface area contributed by atoms with Gasteiger partial charge in [0.1, 0.15) is 6.10 Å². The number of amides is 1. The lowest BCUT2D eigenvalue weighted by Gasteiger charge is -2.46. The first kappa shape index (κ1) is 22.2. The van der Waals surface area contributed by atoms with Crippen LogP contribution in [-0.4, -0.2) is 27.9 Å². The molecular weight excluding hydrogens is 425 g/mol. The lowest BCUT2D eigenvalue weighted by atomic mass is 9.90. The number of carbonyl (C=O) groups excluding carboxylic acids is 1. The Morgan fingerprint density at radius 1 is 1.10 bits per heavy atom. The van der Waals surface area contributed by atoms with Gasteiger partial charge in [-0.1, -0.05) is 61.3 Å². The highest BCUT2D eigenvalue weighted by Crippen LogP contribution is 2.45. The Bertz CT molecular complexity index is 954. The van der Waals surface area contributed by atoms with Crippen LogP contribution in [0.3, 0.4) is 0 Å². The fraction of sp³-hybridized carbons (Fsp3) is 0.304. The lowest BCUT2D eigenvalue weighted by molar-refractivity contribution is -0.153. The number of hydrogen-bond donors (Lipinski definition) is 1. The predicted octanol–water partition coefficient (Wildman–Crippen LogP) is 5.79. The Morgan fingerprint density at radius 2 is 1.77 bits per heavy atom. The summed E-state index contributed by atoms with van der Waals surface area (Å²) in [6, 6.07) is 13.9. The van der Waals surface area contributed by atoms with Gasteiger partial charge in [0.2, 0.25) is 0 Å². The summed E-state index contributed by atoms with van der Waals surface area (Å²) in [5.74, 6) is -1.87. The molecule has 2 atom stereocenters. The van der Waals surface area contributed by atoms with Gasteiger partial charge in [-0.05, 0) is 48.2 Å². The summed E-state index contributed by atoms with van der Waals surface area (Å²) in [7, 11) is 0. The summed E-state index contributed by atoms with van der Waals surface area (Å²) in [6.45, 7) is 4.01. The molecule has 0 bridgehead atoms. The molecule has 1 saturated heterocycles. The van der Waals surface area contributed by atoms with E-state index in [1.807, 2.05) is 32.0 Å². The first-order valence-electron chi connectivity index (χ1n) is 9.80. The van der Waals surface area contributed by atoms with E-state index in [9.17, 15) is 14.7 Å². The molecule has 1 N–H and O–H groups in total. The Labute approximate surface area is 185 Å². The zero-order chi connectivity index (χ0) is 21.8. The normalized spacial score (nSPS) is 20.5. The second kappa shape index (κ2) is 9.54. The number of aliphatic carboxylic acids is 1. The molecular formula is C23H23Cl2NO4. The van der Waals surface area contributed by atoms with E-state index < -0.39 is 24.0 Å². The molecule has 1 aliphatic heterocycles. The maximum Gasteiger partial charge on any atom is 0.332 e. The number of hydrogen-bond acceptors (Lipinski definition) is 3. The minimum Gasteiger partial charge on any atom is -0.478 e. The van der Waals surface area contributed by atoms with E-state index in [1.54, 1.807) is 35.2 Å². The summed E-state index contributed by atoms with van der Waals surface area (Å²) in [4.78, 5) is 26.4. The number of halogens is 2. The average Bonchev–Trinajstić information content (AvgIpc) is 2.71. The zero-order valence-corrected chi connectivity index (χ0v) is 18.2. The van der Waals surface area contributed by atoms with Gasteiger partial charge in [-0.25, -0.2) is 4.79 Å². The molecule has 158 valence electrons. The van der Waals surface area contributed by atoms with Crippen molar-refractivity contribution in [3.63, 3.8) is 0 Å². The Hall–Kier alpha value is -2.50. The lowest BCUT2D eigenvalue weighted by Crippen LogP contribution is -2.49. The molecule has 1 heterocycles. The average molecular weight is 448 g/mol. The van der Waals surface area contributed by atoms with Crippen molar-refractivity contribution in [3.8, 4) is 0 Å². The van der Waals surface area contributed by atoms with Crippen LogP contribution in [0.25, 0.3) is 0 Å². The topological polar surface area (TPSA) is 66.8 Å². The van der Waals surface area contributed by atoms with E-state index in [0.29, 0.717) is 10.0 Å². The van der Waals surface area contributed by atoms with Crippen molar-refractivity contribution in [1.29, 1.82) is 0 Å². The van der Waals surface area contributed by atoms with Gasteiger partial charge in [-0.2, -0.15) is 0 Å². The molecule has 1 amide bonds. The van der Waals surface area contributed by atoms with Gasteiger partial charge in [-0.15, -0.1) is 0 Å². The fourth-order valence-electron chi connectivity index (χ4n) is 3.86. The highest BCUT2D eigenvalue weighted by Gasteiger charge is 2.44. The third kappa shape index (κ3) is 4.63. The minimum absolute atomic E-state index is 0.0963. The van der Waals surface area contributed by atoms with Gasteiger partial charge >= 0.3 is 5.97 Å². The molecule has 2 aromatic rings. The molecule has 7 heteroatoms. The van der Waals surface area contributed by atoms with Crippen LogP contribution in [0.1, 0.15) is 50.0 Å². The molecule has 30 heavy (non-hydrogen) atoms. The Morgan fingerprint density at radius 3 is 2.33 bits per heavy atom. The Kier molecular flexibility index (Phi) is 7.06. The number of carboxylic acids is 1. The SMILES string of the molecule is CCC(CC)N1C(=O)C(=CC(=O)O)O[C@H](c2cccc(Cl)c2)[C@H]1c1ccc(Cl)cc1. The van der Waals surface area contributed by atoms with Gasteiger partial charge in [0, 0.05) is 16.1 Å². The number of morpholine rings is 1. The molecule has 0 aromatic heterocycles. The van der Waals surface area contributed by atoms with Crippen LogP contribution >= 0.6 is 23.2 Å². The molecule has 0 saturated carbocycles. The second-order valence-electron chi connectivity index (χ2n) is 7.12. The molecule has 1 fully saturated rings. The van der Waals surface area contributed by atoms with Gasteiger partial charge in [-0.3, -0.25) is 4.79 Å². The molecule has 3 rings (SSSR count). The third-order valence-corrected chi connectivity index (χ3v) is 5.75. The summed E-state index contributed by atoms with van der Waals surface area (Å²) in [5, 5.41) is 10.4. The smallest absolute Gasteiger partial charge is 0.332 e. The number of nitrogens with zero attached hydrogens (tertiary/aromatic N) is 1. The molecule has 5 nitrogen and oxygen atoms in total. The quantitative estimate of drug-likeness (QED) is 0.568. The van der Waals surface area contributed by atoms with E-state index in [4.69, 9.17) is 27.9 Å². The monoisotopic (exact) mass is 447 g/mol. The van der Waals surface area contributed by atoms with Gasteiger partial charge in [0.05, 0.1) is 12.1 Å².